The van der Waals surface area contributed by atoms with E-state index in [-0.39, 0.29) is 0 Å². The maximum absolute atomic E-state index is 5.13. The smallest absolute Gasteiger partial charge is 0.0476 e. The topological polar surface area (TPSA) is 24.5 Å². The lowest BCUT2D eigenvalue weighted by Crippen LogP contribution is -2.47. The first-order chi connectivity index (χ1) is 7.81. The number of nitrogens with one attached hydrogen (secondary N) is 1. The van der Waals surface area contributed by atoms with E-state index in [2.05, 4.69) is 17.1 Å². The fraction of sp³-hybridized carbons (Fsp3) is 1.00. The van der Waals surface area contributed by atoms with Crippen molar-refractivity contribution in [3.63, 3.8) is 0 Å². The molecular weight excluding hydrogens is 200 g/mol. The third kappa shape index (κ3) is 2.96. The van der Waals surface area contributed by atoms with Crippen LogP contribution in [0.1, 0.15) is 39.0 Å². The van der Waals surface area contributed by atoms with Gasteiger partial charge in [-0.1, -0.05) is 6.42 Å². The second-order valence-electron chi connectivity index (χ2n) is 5.34. The molecule has 0 spiro atoms. The van der Waals surface area contributed by atoms with Crippen LogP contribution in [0.3, 0.4) is 0 Å². The lowest BCUT2D eigenvalue weighted by atomic mass is 9.98. The average Bonchev–Trinajstić information content (AvgIpc) is 2.70. The summed E-state index contributed by atoms with van der Waals surface area (Å²) in [6, 6.07) is 2.14. The van der Waals surface area contributed by atoms with Crippen LogP contribution in [0.25, 0.3) is 0 Å². The lowest BCUT2D eigenvalue weighted by Gasteiger charge is -2.33. The maximum Gasteiger partial charge on any atom is 0.0476 e. The number of methoxy groups -OCH3 is 1. The van der Waals surface area contributed by atoms with Gasteiger partial charge in [-0.15, -0.1) is 0 Å². The van der Waals surface area contributed by atoms with Crippen LogP contribution in [0.15, 0.2) is 0 Å². The highest BCUT2D eigenvalue weighted by atomic mass is 16.5. The molecule has 0 radical (unpaired) electrons. The Labute approximate surface area is 99.5 Å². The van der Waals surface area contributed by atoms with Gasteiger partial charge in [0.25, 0.3) is 0 Å². The first kappa shape index (κ1) is 12.3. The summed E-state index contributed by atoms with van der Waals surface area (Å²) in [5.74, 6) is 0. The minimum atomic E-state index is 0.590. The van der Waals surface area contributed by atoms with Crippen LogP contribution in [0.4, 0.5) is 0 Å². The molecule has 1 N–H and O–H groups in total. The summed E-state index contributed by atoms with van der Waals surface area (Å²) in [4.78, 5) is 2.68. The molecule has 0 aromatic rings. The van der Waals surface area contributed by atoms with Crippen LogP contribution in [-0.4, -0.2) is 49.8 Å². The van der Waals surface area contributed by atoms with Gasteiger partial charge in [-0.05, 0) is 39.2 Å². The van der Waals surface area contributed by atoms with Crippen molar-refractivity contribution >= 4 is 0 Å². The van der Waals surface area contributed by atoms with Crippen LogP contribution in [-0.2, 0) is 4.74 Å². The first-order valence-corrected chi connectivity index (χ1v) is 6.80. The van der Waals surface area contributed by atoms with Gasteiger partial charge in [-0.3, -0.25) is 4.90 Å². The zero-order valence-corrected chi connectivity index (χ0v) is 10.7. The second-order valence-corrected chi connectivity index (χ2v) is 5.34. The van der Waals surface area contributed by atoms with E-state index in [1.54, 1.807) is 7.11 Å². The Morgan fingerprint density at radius 2 is 2.19 bits per heavy atom. The Morgan fingerprint density at radius 3 is 3.00 bits per heavy atom. The number of nitrogens with zero attached hydrogens (tertiary/aromatic N) is 1. The normalized spacial score (nSPS) is 32.6. The van der Waals surface area contributed by atoms with Crippen LogP contribution < -0.4 is 5.32 Å². The van der Waals surface area contributed by atoms with Crippen LogP contribution in [0.5, 0.6) is 0 Å². The van der Waals surface area contributed by atoms with E-state index in [0.717, 1.165) is 25.1 Å². The van der Waals surface area contributed by atoms with Gasteiger partial charge in [0.2, 0.25) is 0 Å². The van der Waals surface area contributed by atoms with Gasteiger partial charge >= 0.3 is 0 Å². The van der Waals surface area contributed by atoms with Crippen molar-refractivity contribution in [3.8, 4) is 0 Å². The summed E-state index contributed by atoms with van der Waals surface area (Å²) in [6.07, 6.45) is 6.69. The van der Waals surface area contributed by atoms with Gasteiger partial charge in [0, 0.05) is 38.4 Å². The van der Waals surface area contributed by atoms with E-state index in [9.17, 15) is 0 Å². The Hall–Kier alpha value is -0.120. The van der Waals surface area contributed by atoms with E-state index in [4.69, 9.17) is 4.74 Å². The van der Waals surface area contributed by atoms with Gasteiger partial charge in [-0.25, -0.2) is 0 Å². The van der Waals surface area contributed by atoms with Crippen molar-refractivity contribution in [1.29, 1.82) is 0 Å². The van der Waals surface area contributed by atoms with E-state index in [1.807, 2.05) is 0 Å². The predicted octanol–water partition coefficient (Wildman–Crippen LogP) is 1.63. The third-order valence-corrected chi connectivity index (χ3v) is 4.11. The van der Waals surface area contributed by atoms with Crippen molar-refractivity contribution in [1.82, 2.24) is 10.2 Å². The summed E-state index contributed by atoms with van der Waals surface area (Å²) >= 11 is 0. The largest absolute Gasteiger partial charge is 0.385 e. The van der Waals surface area contributed by atoms with Crippen LogP contribution in [0.2, 0.25) is 0 Å². The number of hydrogen-bond donors (Lipinski definition) is 1. The zero-order valence-electron chi connectivity index (χ0n) is 10.7. The molecule has 0 saturated carbocycles. The molecule has 3 unspecified atom stereocenters. The molecule has 0 aromatic carbocycles. The molecule has 3 heteroatoms. The monoisotopic (exact) mass is 226 g/mol. The molecule has 2 saturated heterocycles. The molecule has 2 rings (SSSR count). The van der Waals surface area contributed by atoms with Crippen molar-refractivity contribution in [2.24, 2.45) is 0 Å². The lowest BCUT2D eigenvalue weighted by molar-refractivity contribution is 0.163. The summed E-state index contributed by atoms with van der Waals surface area (Å²) in [6.45, 7) is 5.79. The molecule has 3 atom stereocenters. The molecule has 2 fully saturated rings. The quantitative estimate of drug-likeness (QED) is 0.771. The van der Waals surface area contributed by atoms with Crippen molar-refractivity contribution in [2.75, 3.05) is 26.8 Å². The highest BCUT2D eigenvalue weighted by Gasteiger charge is 2.35. The molecule has 0 bridgehead atoms. The molecule has 94 valence electrons. The van der Waals surface area contributed by atoms with E-state index in [1.165, 1.54) is 38.8 Å². The van der Waals surface area contributed by atoms with E-state index >= 15 is 0 Å². The Bertz CT molecular complexity index is 210. The van der Waals surface area contributed by atoms with Gasteiger partial charge in [0.1, 0.15) is 0 Å². The third-order valence-electron chi connectivity index (χ3n) is 4.11. The molecular formula is C13H26N2O. The second kappa shape index (κ2) is 5.99. The fourth-order valence-electron chi connectivity index (χ4n) is 3.19. The Kier molecular flexibility index (Phi) is 4.62. The number of piperidine rings is 1. The number of rotatable bonds is 5. The molecule has 0 aromatic heterocycles. The minimum absolute atomic E-state index is 0.590. The van der Waals surface area contributed by atoms with E-state index < -0.39 is 0 Å². The molecule has 16 heavy (non-hydrogen) atoms. The highest BCUT2D eigenvalue weighted by Crippen LogP contribution is 2.27. The van der Waals surface area contributed by atoms with Gasteiger partial charge < -0.3 is 10.1 Å². The predicted molar refractivity (Wildman–Crippen MR) is 66.7 cm³/mol. The fourth-order valence-corrected chi connectivity index (χ4v) is 3.19. The molecule has 2 aliphatic rings. The molecule has 2 heterocycles. The number of ether oxygens (including phenoxy) is 1. The van der Waals surface area contributed by atoms with Crippen molar-refractivity contribution in [3.05, 3.63) is 0 Å². The standard InChI is InChI=1S/C13H26N2O/c1-11(7-10-16-2)14-12-6-9-15-8-4-3-5-13(12)15/h11-14H,3-10H2,1-2H3. The van der Waals surface area contributed by atoms with Crippen molar-refractivity contribution in [2.45, 2.75) is 57.2 Å². The summed E-state index contributed by atoms with van der Waals surface area (Å²) in [7, 11) is 1.78. The van der Waals surface area contributed by atoms with Crippen LogP contribution >= 0.6 is 0 Å². The van der Waals surface area contributed by atoms with Gasteiger partial charge in [0.15, 0.2) is 0 Å². The van der Waals surface area contributed by atoms with Gasteiger partial charge in [-0.2, -0.15) is 0 Å². The number of fused-ring (bicyclic) bond motifs is 1. The summed E-state index contributed by atoms with van der Waals surface area (Å²) < 4.78 is 5.13. The van der Waals surface area contributed by atoms with Crippen molar-refractivity contribution < 1.29 is 4.74 Å². The maximum atomic E-state index is 5.13. The van der Waals surface area contributed by atoms with Gasteiger partial charge in [0.05, 0.1) is 0 Å². The number of hydrogen-bond acceptors (Lipinski definition) is 3. The summed E-state index contributed by atoms with van der Waals surface area (Å²) in [5.41, 5.74) is 0. The molecule has 0 amide bonds. The minimum Gasteiger partial charge on any atom is -0.385 e. The average molecular weight is 226 g/mol. The Morgan fingerprint density at radius 1 is 1.31 bits per heavy atom. The molecule has 2 aliphatic heterocycles. The molecule has 3 nitrogen and oxygen atoms in total. The molecule has 0 aliphatic carbocycles. The van der Waals surface area contributed by atoms with Crippen LogP contribution in [0, 0.1) is 0 Å². The zero-order chi connectivity index (χ0) is 11.4. The Balaban J connectivity index is 1.76. The van der Waals surface area contributed by atoms with E-state index in [0.29, 0.717) is 6.04 Å². The first-order valence-electron chi connectivity index (χ1n) is 6.80. The summed E-state index contributed by atoms with van der Waals surface area (Å²) in [5, 5.41) is 3.79. The SMILES string of the molecule is COCCC(C)NC1CCN2CCCCC12. The highest BCUT2D eigenvalue weighted by molar-refractivity contribution is 4.94.